The number of rotatable bonds is 6. The number of carbonyl (C=O) groups is 2. The molecule has 1 saturated heterocycles. The molecule has 1 aromatic carbocycles. The van der Waals surface area contributed by atoms with E-state index in [1.807, 2.05) is 0 Å². The molecule has 0 aromatic heterocycles. The van der Waals surface area contributed by atoms with Crippen LogP contribution in [0.1, 0.15) is 6.92 Å². The number of urea groups is 1. The zero-order valence-corrected chi connectivity index (χ0v) is 13.6. The minimum absolute atomic E-state index is 0.133. The number of aliphatic hydroxyl groups excluding tert-OH is 2. The lowest BCUT2D eigenvalue weighted by Gasteiger charge is -2.27. The highest BCUT2D eigenvalue weighted by molar-refractivity contribution is 6.30. The van der Waals surface area contributed by atoms with Crippen LogP contribution in [0.2, 0.25) is 5.02 Å². The number of halogens is 1. The molecule has 1 aromatic rings. The fourth-order valence-corrected chi connectivity index (χ4v) is 2.48. The summed E-state index contributed by atoms with van der Waals surface area (Å²) in [5.41, 5.74) is -0.423. The van der Waals surface area contributed by atoms with Crippen molar-refractivity contribution in [3.63, 3.8) is 0 Å². The smallest absolute Gasteiger partial charge is 0.325 e. The van der Waals surface area contributed by atoms with Crippen molar-refractivity contribution < 1.29 is 19.8 Å². The summed E-state index contributed by atoms with van der Waals surface area (Å²) in [7, 11) is 0. The molecule has 1 aliphatic rings. The molecule has 3 amide bonds. The van der Waals surface area contributed by atoms with Crippen LogP contribution in [0.3, 0.4) is 0 Å². The number of benzene rings is 1. The Kier molecular flexibility index (Phi) is 5.46. The van der Waals surface area contributed by atoms with Crippen molar-refractivity contribution in [3.05, 3.63) is 29.3 Å². The quantitative estimate of drug-likeness (QED) is 0.700. The Labute approximate surface area is 139 Å². The maximum atomic E-state index is 12.4. The molecule has 0 bridgehead atoms. The van der Waals surface area contributed by atoms with E-state index in [2.05, 4.69) is 5.32 Å². The van der Waals surface area contributed by atoms with Gasteiger partial charge in [-0.1, -0.05) is 17.7 Å². The molecule has 7 nitrogen and oxygen atoms in total. The highest BCUT2D eigenvalue weighted by Gasteiger charge is 2.32. The molecule has 1 fully saturated rings. The first kappa shape index (κ1) is 17.5. The minimum Gasteiger partial charge on any atom is -0.394 e. The Hall–Kier alpha value is -1.83. The van der Waals surface area contributed by atoms with Crippen molar-refractivity contribution in [2.75, 3.05) is 37.7 Å². The van der Waals surface area contributed by atoms with Crippen molar-refractivity contribution in [2.45, 2.75) is 12.5 Å². The Morgan fingerprint density at radius 2 is 2.04 bits per heavy atom. The lowest BCUT2D eigenvalue weighted by atomic mass is 10.1. The van der Waals surface area contributed by atoms with E-state index in [1.165, 1.54) is 11.8 Å². The van der Waals surface area contributed by atoms with Crippen molar-refractivity contribution >= 4 is 29.2 Å². The van der Waals surface area contributed by atoms with Gasteiger partial charge in [0.1, 0.15) is 6.54 Å². The van der Waals surface area contributed by atoms with Gasteiger partial charge >= 0.3 is 6.03 Å². The fourth-order valence-electron chi connectivity index (χ4n) is 2.29. The summed E-state index contributed by atoms with van der Waals surface area (Å²) in [5, 5.41) is 21.4. The average Bonchev–Trinajstić information content (AvgIpc) is 2.88. The van der Waals surface area contributed by atoms with E-state index in [-0.39, 0.29) is 12.6 Å². The van der Waals surface area contributed by atoms with E-state index in [1.54, 1.807) is 29.2 Å². The number of amides is 3. The summed E-state index contributed by atoms with van der Waals surface area (Å²) in [6.45, 7) is 1.48. The van der Waals surface area contributed by atoms with Gasteiger partial charge in [-0.25, -0.2) is 4.79 Å². The summed E-state index contributed by atoms with van der Waals surface area (Å²) in [4.78, 5) is 27.4. The molecule has 3 N–H and O–H groups in total. The second kappa shape index (κ2) is 7.16. The number of anilines is 1. The molecule has 0 radical (unpaired) electrons. The summed E-state index contributed by atoms with van der Waals surface area (Å²) < 4.78 is 0. The molecule has 0 aliphatic carbocycles. The average molecular weight is 342 g/mol. The zero-order valence-electron chi connectivity index (χ0n) is 12.8. The second-order valence-electron chi connectivity index (χ2n) is 5.76. The molecule has 1 heterocycles. The van der Waals surface area contributed by atoms with Crippen LogP contribution in [0.4, 0.5) is 10.5 Å². The first-order chi connectivity index (χ1) is 10.9. The molecule has 1 aliphatic heterocycles. The number of carbonyl (C=O) groups excluding carboxylic acids is 2. The Morgan fingerprint density at radius 3 is 2.65 bits per heavy atom. The summed E-state index contributed by atoms with van der Waals surface area (Å²) in [6, 6.07) is 6.67. The Bertz CT molecular complexity index is 592. The van der Waals surface area contributed by atoms with Gasteiger partial charge in [0.25, 0.3) is 0 Å². The molecule has 0 atom stereocenters. The molecule has 0 spiro atoms. The summed E-state index contributed by atoms with van der Waals surface area (Å²) in [5.74, 6) is -0.433. The van der Waals surface area contributed by atoms with Crippen molar-refractivity contribution in [1.29, 1.82) is 0 Å². The van der Waals surface area contributed by atoms with E-state index in [9.17, 15) is 19.8 Å². The van der Waals surface area contributed by atoms with E-state index in [4.69, 9.17) is 11.6 Å². The third kappa shape index (κ3) is 4.13. The van der Waals surface area contributed by atoms with Crippen LogP contribution in [-0.2, 0) is 4.79 Å². The fraction of sp³-hybridized carbons (Fsp3) is 0.467. The molecule has 2 rings (SSSR count). The molecular weight excluding hydrogens is 322 g/mol. The van der Waals surface area contributed by atoms with E-state index >= 15 is 0 Å². The Balaban J connectivity index is 1.98. The topological polar surface area (TPSA) is 93.1 Å². The lowest BCUT2D eigenvalue weighted by molar-refractivity contribution is -0.124. The second-order valence-corrected chi connectivity index (χ2v) is 6.20. The van der Waals surface area contributed by atoms with Gasteiger partial charge in [-0.15, -0.1) is 0 Å². The van der Waals surface area contributed by atoms with E-state index < -0.39 is 24.7 Å². The maximum absolute atomic E-state index is 12.4. The standard InChI is InChI=1S/C15H20ClN3O4/c1-15(9-20,10-21)17-13(22)8-18-5-6-19(14(18)23)12-4-2-3-11(16)7-12/h2-4,7,20-21H,5-6,8-10H2,1H3,(H,17,22). The molecule has 0 unspecified atom stereocenters. The third-order valence-electron chi connectivity index (χ3n) is 3.69. The highest BCUT2D eigenvalue weighted by Crippen LogP contribution is 2.23. The van der Waals surface area contributed by atoms with E-state index in [0.717, 1.165) is 0 Å². The Morgan fingerprint density at radius 1 is 1.35 bits per heavy atom. The molecule has 0 saturated carbocycles. The third-order valence-corrected chi connectivity index (χ3v) is 3.92. The van der Waals surface area contributed by atoms with Crippen LogP contribution in [-0.4, -0.2) is 65.4 Å². The number of hydrogen-bond donors (Lipinski definition) is 3. The molecule has 126 valence electrons. The normalized spacial score (nSPS) is 15.2. The predicted molar refractivity (Wildman–Crippen MR) is 86.5 cm³/mol. The molecular formula is C15H20ClN3O4. The number of hydrogen-bond acceptors (Lipinski definition) is 4. The van der Waals surface area contributed by atoms with Gasteiger partial charge in [0.05, 0.1) is 18.8 Å². The predicted octanol–water partition coefficient (Wildman–Crippen LogP) is 0.442. The van der Waals surface area contributed by atoms with Gasteiger partial charge in [-0.05, 0) is 25.1 Å². The number of nitrogens with one attached hydrogen (secondary N) is 1. The van der Waals surface area contributed by atoms with Gasteiger partial charge in [-0.3, -0.25) is 9.69 Å². The molecule has 8 heteroatoms. The first-order valence-electron chi connectivity index (χ1n) is 7.23. The van der Waals surface area contributed by atoms with Crippen molar-refractivity contribution in [3.8, 4) is 0 Å². The largest absolute Gasteiger partial charge is 0.394 e. The van der Waals surface area contributed by atoms with Gasteiger partial charge < -0.3 is 20.4 Å². The van der Waals surface area contributed by atoms with Gasteiger partial charge in [-0.2, -0.15) is 0 Å². The highest BCUT2D eigenvalue weighted by atomic mass is 35.5. The van der Waals surface area contributed by atoms with E-state index in [0.29, 0.717) is 23.8 Å². The van der Waals surface area contributed by atoms with Crippen LogP contribution < -0.4 is 10.2 Å². The zero-order chi connectivity index (χ0) is 17.0. The van der Waals surface area contributed by atoms with Gasteiger partial charge in [0.15, 0.2) is 0 Å². The summed E-state index contributed by atoms with van der Waals surface area (Å²) in [6.07, 6.45) is 0. The number of aliphatic hydroxyl groups is 2. The van der Waals surface area contributed by atoms with Crippen LogP contribution in [0.5, 0.6) is 0 Å². The van der Waals surface area contributed by atoms with Crippen LogP contribution in [0, 0.1) is 0 Å². The number of nitrogens with zero attached hydrogens (tertiary/aromatic N) is 2. The monoisotopic (exact) mass is 341 g/mol. The maximum Gasteiger partial charge on any atom is 0.325 e. The van der Waals surface area contributed by atoms with Gasteiger partial charge in [0.2, 0.25) is 5.91 Å². The van der Waals surface area contributed by atoms with Crippen LogP contribution in [0.15, 0.2) is 24.3 Å². The van der Waals surface area contributed by atoms with Gasteiger partial charge in [0, 0.05) is 23.8 Å². The first-order valence-corrected chi connectivity index (χ1v) is 7.61. The van der Waals surface area contributed by atoms with Crippen molar-refractivity contribution in [2.24, 2.45) is 0 Å². The van der Waals surface area contributed by atoms with Crippen LogP contribution >= 0.6 is 11.6 Å². The minimum atomic E-state index is -1.10. The molecule has 23 heavy (non-hydrogen) atoms. The SMILES string of the molecule is CC(CO)(CO)NC(=O)CN1CCN(c2cccc(Cl)c2)C1=O. The summed E-state index contributed by atoms with van der Waals surface area (Å²) >= 11 is 5.93. The van der Waals surface area contributed by atoms with Crippen molar-refractivity contribution in [1.82, 2.24) is 10.2 Å². The lowest BCUT2D eigenvalue weighted by Crippen LogP contribution is -2.54. The van der Waals surface area contributed by atoms with Crippen LogP contribution in [0.25, 0.3) is 0 Å².